The molecule has 0 aliphatic carbocycles. The number of fused-ring (bicyclic) bond motifs is 1. The second-order valence-corrected chi connectivity index (χ2v) is 3.66. The SMILES string of the molecule is CC(=O)c1c[nH]c2c(F)cnc(Br)c12. The van der Waals surface area contributed by atoms with E-state index in [1.54, 1.807) is 0 Å². The molecule has 2 heterocycles. The summed E-state index contributed by atoms with van der Waals surface area (Å²) < 4.78 is 13.7. The number of ketones is 1. The lowest BCUT2D eigenvalue weighted by atomic mass is 10.1. The molecule has 3 nitrogen and oxygen atoms in total. The molecule has 0 fully saturated rings. The van der Waals surface area contributed by atoms with Crippen LogP contribution in [0, 0.1) is 5.82 Å². The third kappa shape index (κ3) is 1.24. The molecule has 0 atom stereocenters. The first kappa shape index (κ1) is 9.33. The Labute approximate surface area is 87.5 Å². The summed E-state index contributed by atoms with van der Waals surface area (Å²) in [4.78, 5) is 17.7. The zero-order valence-electron chi connectivity index (χ0n) is 7.27. The highest BCUT2D eigenvalue weighted by Gasteiger charge is 2.14. The summed E-state index contributed by atoms with van der Waals surface area (Å²) in [6.07, 6.45) is 2.59. The molecule has 2 aromatic rings. The molecule has 0 aromatic carbocycles. The van der Waals surface area contributed by atoms with Gasteiger partial charge in [-0.2, -0.15) is 0 Å². The van der Waals surface area contributed by atoms with E-state index < -0.39 is 5.82 Å². The number of nitrogens with one attached hydrogen (secondary N) is 1. The smallest absolute Gasteiger partial charge is 0.165 e. The van der Waals surface area contributed by atoms with Crippen molar-refractivity contribution in [2.24, 2.45) is 0 Å². The van der Waals surface area contributed by atoms with Crippen molar-refractivity contribution in [3.05, 3.63) is 28.4 Å². The normalized spacial score (nSPS) is 10.8. The van der Waals surface area contributed by atoms with E-state index in [0.29, 0.717) is 21.1 Å². The van der Waals surface area contributed by atoms with E-state index in [1.807, 2.05) is 0 Å². The maximum Gasteiger partial charge on any atom is 0.165 e. The summed E-state index contributed by atoms with van der Waals surface area (Å²) >= 11 is 3.18. The Balaban J connectivity index is 2.90. The highest BCUT2D eigenvalue weighted by Crippen LogP contribution is 2.27. The van der Waals surface area contributed by atoms with Crippen molar-refractivity contribution in [3.8, 4) is 0 Å². The molecule has 2 rings (SSSR count). The lowest BCUT2D eigenvalue weighted by Crippen LogP contribution is -1.91. The molecule has 0 aliphatic rings. The fourth-order valence-electron chi connectivity index (χ4n) is 1.35. The lowest BCUT2D eigenvalue weighted by Gasteiger charge is -1.96. The predicted molar refractivity (Wildman–Crippen MR) is 53.8 cm³/mol. The second kappa shape index (κ2) is 3.16. The number of hydrogen-bond donors (Lipinski definition) is 1. The number of rotatable bonds is 1. The van der Waals surface area contributed by atoms with Crippen LogP contribution in [0.4, 0.5) is 4.39 Å². The van der Waals surface area contributed by atoms with Gasteiger partial charge in [-0.15, -0.1) is 0 Å². The largest absolute Gasteiger partial charge is 0.358 e. The molecule has 2 aromatic heterocycles. The third-order valence-corrected chi connectivity index (χ3v) is 2.60. The van der Waals surface area contributed by atoms with E-state index in [-0.39, 0.29) is 5.78 Å². The van der Waals surface area contributed by atoms with Crippen molar-refractivity contribution in [1.82, 2.24) is 9.97 Å². The van der Waals surface area contributed by atoms with Gasteiger partial charge < -0.3 is 4.98 Å². The molecule has 0 amide bonds. The van der Waals surface area contributed by atoms with Crippen LogP contribution >= 0.6 is 15.9 Å². The first-order valence-electron chi connectivity index (χ1n) is 3.93. The van der Waals surface area contributed by atoms with Gasteiger partial charge in [-0.3, -0.25) is 4.79 Å². The molecule has 14 heavy (non-hydrogen) atoms. The van der Waals surface area contributed by atoms with Crippen molar-refractivity contribution in [3.63, 3.8) is 0 Å². The molecule has 0 bridgehead atoms. The van der Waals surface area contributed by atoms with Crippen molar-refractivity contribution in [2.45, 2.75) is 6.92 Å². The Morgan fingerprint density at radius 1 is 1.64 bits per heavy atom. The Kier molecular flexibility index (Phi) is 2.11. The highest BCUT2D eigenvalue weighted by atomic mass is 79.9. The highest BCUT2D eigenvalue weighted by molar-refractivity contribution is 9.10. The van der Waals surface area contributed by atoms with Crippen molar-refractivity contribution < 1.29 is 9.18 Å². The number of carbonyl (C=O) groups is 1. The topological polar surface area (TPSA) is 45.8 Å². The number of Topliss-reactive ketones (excluding diaryl/α,β-unsaturated/α-hetero) is 1. The van der Waals surface area contributed by atoms with E-state index in [2.05, 4.69) is 25.9 Å². The van der Waals surface area contributed by atoms with E-state index in [9.17, 15) is 9.18 Å². The van der Waals surface area contributed by atoms with Crippen LogP contribution in [-0.4, -0.2) is 15.8 Å². The Bertz CT molecular complexity index is 521. The maximum absolute atomic E-state index is 13.2. The average molecular weight is 257 g/mol. The Hall–Kier alpha value is -1.23. The Morgan fingerprint density at radius 2 is 2.36 bits per heavy atom. The molecule has 0 radical (unpaired) electrons. The van der Waals surface area contributed by atoms with Crippen LogP contribution in [-0.2, 0) is 0 Å². The quantitative estimate of drug-likeness (QED) is 0.630. The lowest BCUT2D eigenvalue weighted by molar-refractivity contribution is 0.101. The summed E-state index contributed by atoms with van der Waals surface area (Å²) in [5.41, 5.74) is 0.746. The van der Waals surface area contributed by atoms with Crippen LogP contribution < -0.4 is 0 Å². The van der Waals surface area contributed by atoms with Gasteiger partial charge in [-0.05, 0) is 22.9 Å². The van der Waals surface area contributed by atoms with Crippen LogP contribution in [0.3, 0.4) is 0 Å². The first-order valence-corrected chi connectivity index (χ1v) is 4.72. The van der Waals surface area contributed by atoms with Gasteiger partial charge in [0.1, 0.15) is 4.60 Å². The summed E-state index contributed by atoms with van der Waals surface area (Å²) in [7, 11) is 0. The molecule has 1 N–H and O–H groups in total. The standard InChI is InChI=1S/C9H6BrFN2O/c1-4(14)5-2-12-8-6(11)3-13-9(10)7(5)8/h2-3,12H,1H3. The summed E-state index contributed by atoms with van der Waals surface area (Å²) in [5.74, 6) is -0.583. The average Bonchev–Trinajstić information content (AvgIpc) is 2.56. The fourth-order valence-corrected chi connectivity index (χ4v) is 1.86. The zero-order valence-corrected chi connectivity index (χ0v) is 8.85. The summed E-state index contributed by atoms with van der Waals surface area (Å²) in [6.45, 7) is 1.43. The van der Waals surface area contributed by atoms with Gasteiger partial charge in [-0.25, -0.2) is 9.37 Å². The molecular weight excluding hydrogens is 251 g/mol. The summed E-state index contributed by atoms with van der Waals surface area (Å²) in [6, 6.07) is 0. The zero-order chi connectivity index (χ0) is 10.3. The van der Waals surface area contributed by atoms with Crippen LogP contribution in [0.5, 0.6) is 0 Å². The molecule has 0 aliphatic heterocycles. The molecule has 5 heteroatoms. The van der Waals surface area contributed by atoms with E-state index in [4.69, 9.17) is 0 Å². The van der Waals surface area contributed by atoms with Crippen molar-refractivity contribution in [1.29, 1.82) is 0 Å². The molecule has 0 unspecified atom stereocenters. The third-order valence-electron chi connectivity index (χ3n) is 2.00. The van der Waals surface area contributed by atoms with E-state index in [0.717, 1.165) is 6.20 Å². The van der Waals surface area contributed by atoms with Gasteiger partial charge >= 0.3 is 0 Å². The molecule has 0 spiro atoms. The fraction of sp³-hybridized carbons (Fsp3) is 0.111. The second-order valence-electron chi connectivity index (χ2n) is 2.91. The van der Waals surface area contributed by atoms with Crippen molar-refractivity contribution >= 4 is 32.6 Å². The van der Waals surface area contributed by atoms with Crippen LogP contribution in [0.15, 0.2) is 17.0 Å². The van der Waals surface area contributed by atoms with Gasteiger partial charge in [0.25, 0.3) is 0 Å². The van der Waals surface area contributed by atoms with Gasteiger partial charge in [0.15, 0.2) is 11.6 Å². The van der Waals surface area contributed by atoms with E-state index in [1.165, 1.54) is 13.1 Å². The van der Waals surface area contributed by atoms with Gasteiger partial charge in [0.2, 0.25) is 0 Å². The predicted octanol–water partition coefficient (Wildman–Crippen LogP) is 2.67. The number of carbonyl (C=O) groups excluding carboxylic acids is 1. The number of aromatic amines is 1. The van der Waals surface area contributed by atoms with Crippen LogP contribution in [0.25, 0.3) is 10.9 Å². The number of aromatic nitrogens is 2. The number of hydrogen-bond acceptors (Lipinski definition) is 2. The molecular formula is C9H6BrFN2O. The maximum atomic E-state index is 13.2. The van der Waals surface area contributed by atoms with Crippen LogP contribution in [0.1, 0.15) is 17.3 Å². The first-order chi connectivity index (χ1) is 6.61. The Morgan fingerprint density at radius 3 is 3.00 bits per heavy atom. The van der Waals surface area contributed by atoms with Crippen LogP contribution in [0.2, 0.25) is 0 Å². The minimum absolute atomic E-state index is 0.121. The molecule has 0 saturated heterocycles. The van der Waals surface area contributed by atoms with Gasteiger partial charge in [0.05, 0.1) is 11.7 Å². The minimum Gasteiger partial charge on any atom is -0.358 e. The molecule has 72 valence electrons. The number of halogens is 2. The van der Waals surface area contributed by atoms with Gasteiger partial charge in [-0.1, -0.05) is 0 Å². The number of H-pyrrole nitrogens is 1. The van der Waals surface area contributed by atoms with Crippen molar-refractivity contribution in [2.75, 3.05) is 0 Å². The number of pyridine rings is 1. The number of nitrogens with zero attached hydrogens (tertiary/aromatic N) is 1. The van der Waals surface area contributed by atoms with Gasteiger partial charge in [0, 0.05) is 17.1 Å². The molecule has 0 saturated carbocycles. The monoisotopic (exact) mass is 256 g/mol. The summed E-state index contributed by atoms with van der Waals surface area (Å²) in [5, 5.41) is 0.498. The van der Waals surface area contributed by atoms with E-state index >= 15 is 0 Å². The minimum atomic E-state index is -0.462.